The average Bonchev–Trinajstić information content (AvgIpc) is 3.12. The lowest BCUT2D eigenvalue weighted by Gasteiger charge is -2.25. The number of nitrogens with zero attached hydrogens (tertiary/aromatic N) is 1. The highest BCUT2D eigenvalue weighted by molar-refractivity contribution is 5.99. The number of ether oxygens (including phenoxy) is 1. The van der Waals surface area contributed by atoms with E-state index in [-0.39, 0.29) is 23.7 Å². The van der Waals surface area contributed by atoms with E-state index in [2.05, 4.69) is 22.3 Å². The zero-order chi connectivity index (χ0) is 24.2. The van der Waals surface area contributed by atoms with Crippen LogP contribution in [0.4, 0.5) is 0 Å². The van der Waals surface area contributed by atoms with Crippen molar-refractivity contribution in [2.24, 2.45) is 5.73 Å². The molecule has 0 aromatic heterocycles. The molecule has 2 atom stereocenters. The quantitative estimate of drug-likeness (QED) is 0.575. The summed E-state index contributed by atoms with van der Waals surface area (Å²) in [7, 11) is 1.99. The van der Waals surface area contributed by atoms with Gasteiger partial charge in [-0.2, -0.15) is 0 Å². The maximum Gasteiger partial charge on any atom is 0.251 e. The second-order valence-corrected chi connectivity index (χ2v) is 9.28. The first kappa shape index (κ1) is 24.0. The predicted molar refractivity (Wildman–Crippen MR) is 135 cm³/mol. The molecule has 2 aliphatic rings. The van der Waals surface area contributed by atoms with Crippen molar-refractivity contribution in [1.82, 2.24) is 10.2 Å². The van der Waals surface area contributed by atoms with Gasteiger partial charge in [-0.25, -0.2) is 0 Å². The molecule has 2 aromatic carbocycles. The fourth-order valence-electron chi connectivity index (χ4n) is 4.80. The van der Waals surface area contributed by atoms with E-state index in [1.165, 1.54) is 11.1 Å². The van der Waals surface area contributed by atoms with Gasteiger partial charge in [-0.05, 0) is 57.0 Å². The maximum atomic E-state index is 13.3. The van der Waals surface area contributed by atoms with Crippen LogP contribution in [0.3, 0.4) is 0 Å². The number of hydrogen-bond donors (Lipinski definition) is 3. The summed E-state index contributed by atoms with van der Waals surface area (Å²) in [5.74, 6) is 0.718. The summed E-state index contributed by atoms with van der Waals surface area (Å²) >= 11 is 0. The molecule has 0 bridgehead atoms. The smallest absolute Gasteiger partial charge is 0.251 e. The molecule has 1 heterocycles. The van der Waals surface area contributed by atoms with E-state index in [0.29, 0.717) is 30.9 Å². The van der Waals surface area contributed by atoms with E-state index in [1.54, 1.807) is 6.07 Å². The number of benzene rings is 2. The van der Waals surface area contributed by atoms with Crippen LogP contribution in [0.5, 0.6) is 5.75 Å². The molecule has 0 saturated carbocycles. The van der Waals surface area contributed by atoms with Crippen LogP contribution in [0, 0.1) is 0 Å². The van der Waals surface area contributed by atoms with Crippen LogP contribution < -0.4 is 11.1 Å². The van der Waals surface area contributed by atoms with Crippen molar-refractivity contribution in [2.45, 2.75) is 45.2 Å². The van der Waals surface area contributed by atoms with Crippen LogP contribution in [0.2, 0.25) is 0 Å². The standard InChI is InChI=1S/C28H35N3O3/c1-18-12-15-34-27(21-8-10-22(26(32)16-21)19(2)31(3)14-13-29)17-24(18)28(33)30-25-11-9-20-6-4-5-7-23(20)25/h4-8,10,16-17,19,25,32H,9,11-15,29H2,1-3H3,(H,30,33)/t19?,25-/m1/s1. The third-order valence-electron chi connectivity index (χ3n) is 7.06. The zero-order valence-corrected chi connectivity index (χ0v) is 20.3. The Balaban J connectivity index is 1.56. The molecule has 180 valence electrons. The van der Waals surface area contributed by atoms with Crippen molar-refractivity contribution in [3.05, 3.63) is 81.9 Å². The number of amides is 1. The predicted octanol–water partition coefficient (Wildman–Crippen LogP) is 4.23. The molecule has 6 heteroatoms. The Hall–Kier alpha value is -3.09. The maximum absolute atomic E-state index is 13.3. The first-order valence-corrected chi connectivity index (χ1v) is 12.1. The molecule has 2 aromatic rings. The Labute approximate surface area is 202 Å². The molecule has 0 radical (unpaired) electrons. The summed E-state index contributed by atoms with van der Waals surface area (Å²) in [5, 5.41) is 14.0. The SMILES string of the molecule is CC1=C(C(=O)N[C@@H]2CCc3ccccc32)C=C(c2ccc(C(C)N(C)CCN)c(O)c2)OCC1. The number of hydrogen-bond acceptors (Lipinski definition) is 5. The van der Waals surface area contributed by atoms with E-state index >= 15 is 0 Å². The minimum absolute atomic E-state index is 0.0272. The Morgan fingerprint density at radius 1 is 1.26 bits per heavy atom. The second kappa shape index (κ2) is 10.5. The van der Waals surface area contributed by atoms with Crippen molar-refractivity contribution in [1.29, 1.82) is 0 Å². The summed E-state index contributed by atoms with van der Waals surface area (Å²) < 4.78 is 6.01. The number of likely N-dealkylation sites (N-methyl/N-ethyl adjacent to an activating group) is 1. The van der Waals surface area contributed by atoms with Gasteiger partial charge in [0.25, 0.3) is 5.91 Å². The van der Waals surface area contributed by atoms with E-state index in [1.807, 2.05) is 51.2 Å². The largest absolute Gasteiger partial charge is 0.508 e. The van der Waals surface area contributed by atoms with Crippen molar-refractivity contribution >= 4 is 11.7 Å². The van der Waals surface area contributed by atoms with Crippen molar-refractivity contribution < 1.29 is 14.6 Å². The molecule has 1 aliphatic carbocycles. The van der Waals surface area contributed by atoms with E-state index in [9.17, 15) is 9.90 Å². The van der Waals surface area contributed by atoms with Gasteiger partial charge in [0, 0.05) is 42.3 Å². The van der Waals surface area contributed by atoms with Gasteiger partial charge < -0.3 is 20.9 Å². The molecule has 1 amide bonds. The van der Waals surface area contributed by atoms with Gasteiger partial charge in [0.15, 0.2) is 0 Å². The van der Waals surface area contributed by atoms with Gasteiger partial charge in [0.2, 0.25) is 0 Å². The molecule has 1 unspecified atom stereocenters. The van der Waals surface area contributed by atoms with Gasteiger partial charge in [-0.1, -0.05) is 42.0 Å². The molecule has 0 saturated heterocycles. The Morgan fingerprint density at radius 3 is 2.82 bits per heavy atom. The van der Waals surface area contributed by atoms with Crippen LogP contribution >= 0.6 is 0 Å². The number of carbonyl (C=O) groups excluding carboxylic acids is 1. The van der Waals surface area contributed by atoms with Crippen LogP contribution in [0.25, 0.3) is 5.76 Å². The molecule has 6 nitrogen and oxygen atoms in total. The zero-order valence-electron chi connectivity index (χ0n) is 20.3. The van der Waals surface area contributed by atoms with Gasteiger partial charge >= 0.3 is 0 Å². The summed E-state index contributed by atoms with van der Waals surface area (Å²) in [6.07, 6.45) is 4.39. The molecule has 34 heavy (non-hydrogen) atoms. The number of nitrogens with one attached hydrogen (secondary N) is 1. The highest BCUT2D eigenvalue weighted by Gasteiger charge is 2.26. The van der Waals surface area contributed by atoms with Crippen LogP contribution in [-0.2, 0) is 16.0 Å². The number of nitrogens with two attached hydrogens (primary N) is 1. The Morgan fingerprint density at radius 2 is 2.06 bits per heavy atom. The van der Waals surface area contributed by atoms with Gasteiger partial charge in [-0.3, -0.25) is 9.69 Å². The number of rotatable bonds is 7. The molecule has 0 fully saturated rings. The lowest BCUT2D eigenvalue weighted by atomic mass is 10.0. The van der Waals surface area contributed by atoms with Crippen LogP contribution in [-0.4, -0.2) is 42.7 Å². The lowest BCUT2D eigenvalue weighted by molar-refractivity contribution is -0.118. The summed E-state index contributed by atoms with van der Waals surface area (Å²) in [4.78, 5) is 15.4. The van der Waals surface area contributed by atoms with Gasteiger partial charge in [0.05, 0.1) is 12.6 Å². The molecule has 4 N–H and O–H groups in total. The van der Waals surface area contributed by atoms with E-state index in [4.69, 9.17) is 10.5 Å². The van der Waals surface area contributed by atoms with E-state index in [0.717, 1.165) is 36.1 Å². The molecular formula is C28H35N3O3. The topological polar surface area (TPSA) is 87.8 Å². The lowest BCUT2D eigenvalue weighted by Crippen LogP contribution is -2.28. The highest BCUT2D eigenvalue weighted by Crippen LogP contribution is 2.34. The minimum atomic E-state index is -0.0833. The Bertz CT molecular complexity index is 1120. The number of fused-ring (bicyclic) bond motifs is 1. The van der Waals surface area contributed by atoms with Crippen LogP contribution in [0.1, 0.15) is 61.0 Å². The molecule has 0 spiro atoms. The summed E-state index contributed by atoms with van der Waals surface area (Å²) in [6.45, 7) is 5.81. The summed E-state index contributed by atoms with van der Waals surface area (Å²) in [6, 6.07) is 13.9. The first-order valence-electron chi connectivity index (χ1n) is 12.1. The van der Waals surface area contributed by atoms with Gasteiger partial charge in [-0.15, -0.1) is 0 Å². The average molecular weight is 462 g/mol. The third kappa shape index (κ3) is 5.03. The minimum Gasteiger partial charge on any atom is -0.508 e. The Kier molecular flexibility index (Phi) is 7.39. The molecule has 4 rings (SSSR count). The van der Waals surface area contributed by atoms with Gasteiger partial charge in [0.1, 0.15) is 11.5 Å². The summed E-state index contributed by atoms with van der Waals surface area (Å²) in [5.41, 5.74) is 11.4. The van der Waals surface area contributed by atoms with E-state index < -0.39 is 0 Å². The number of phenolic OH excluding ortho intramolecular Hbond substituents is 1. The fraction of sp³-hybridized carbons (Fsp3) is 0.393. The molecular weight excluding hydrogens is 426 g/mol. The number of carbonyl (C=O) groups is 1. The van der Waals surface area contributed by atoms with Crippen molar-refractivity contribution in [3.8, 4) is 5.75 Å². The monoisotopic (exact) mass is 461 g/mol. The van der Waals surface area contributed by atoms with Crippen molar-refractivity contribution in [2.75, 3.05) is 26.7 Å². The van der Waals surface area contributed by atoms with Crippen molar-refractivity contribution in [3.63, 3.8) is 0 Å². The second-order valence-electron chi connectivity index (χ2n) is 9.28. The first-order chi connectivity index (χ1) is 16.4. The van der Waals surface area contributed by atoms with Crippen LogP contribution in [0.15, 0.2) is 59.7 Å². The fourth-order valence-corrected chi connectivity index (χ4v) is 4.80. The molecule has 1 aliphatic heterocycles. The third-order valence-corrected chi connectivity index (χ3v) is 7.06. The highest BCUT2D eigenvalue weighted by atomic mass is 16.5. The number of aryl methyl sites for hydroxylation is 1. The number of aromatic hydroxyl groups is 1. The normalized spacial score (nSPS) is 18.7. The number of phenols is 1.